The zero-order chi connectivity index (χ0) is 27.7. The highest BCUT2D eigenvalue weighted by molar-refractivity contribution is 6.28. The molecule has 7 aromatic rings. The Balaban J connectivity index is 1.29. The minimum Gasteiger partial charge on any atom is -0.456 e. The van der Waals surface area contributed by atoms with Gasteiger partial charge >= 0.3 is 0 Å². The molecule has 2 heterocycles. The van der Waals surface area contributed by atoms with Crippen LogP contribution < -0.4 is 0 Å². The molecule has 1 aliphatic rings. The molecule has 0 fully saturated rings. The number of para-hydroxylation sites is 1. The largest absolute Gasteiger partial charge is 0.456 e. The van der Waals surface area contributed by atoms with Crippen molar-refractivity contribution in [1.29, 1.82) is 0 Å². The number of hydrogen-bond donors (Lipinski definition) is 0. The van der Waals surface area contributed by atoms with Crippen molar-refractivity contribution in [2.24, 2.45) is 0 Å². The molecule has 5 aromatic carbocycles. The molecular weight excluding hydrogens is 526 g/mol. The Hall–Kier alpha value is -4.80. The topological polar surface area (TPSA) is 51.8 Å². The molecule has 0 aliphatic heterocycles. The predicted octanol–water partition coefficient (Wildman–Crippen LogP) is 9.73. The fourth-order valence-corrected chi connectivity index (χ4v) is 6.51. The van der Waals surface area contributed by atoms with E-state index in [1.807, 2.05) is 42.5 Å². The molecule has 0 atom stereocenters. The van der Waals surface area contributed by atoms with Crippen molar-refractivity contribution in [3.63, 3.8) is 0 Å². The third-order valence-corrected chi connectivity index (χ3v) is 8.42. The molecule has 4 nitrogen and oxygen atoms in total. The van der Waals surface area contributed by atoms with E-state index in [-0.39, 0.29) is 10.7 Å². The van der Waals surface area contributed by atoms with Gasteiger partial charge in [0, 0.05) is 27.3 Å². The van der Waals surface area contributed by atoms with Gasteiger partial charge < -0.3 is 4.42 Å². The van der Waals surface area contributed by atoms with Crippen molar-refractivity contribution in [3.05, 3.63) is 126 Å². The van der Waals surface area contributed by atoms with Gasteiger partial charge in [0.2, 0.25) is 5.28 Å². The van der Waals surface area contributed by atoms with Crippen LogP contribution in [0.25, 0.3) is 67.0 Å². The van der Waals surface area contributed by atoms with Crippen LogP contribution in [0.15, 0.2) is 114 Å². The molecule has 0 bridgehead atoms. The second-order valence-electron chi connectivity index (χ2n) is 11.0. The average molecular weight is 550 g/mol. The fourth-order valence-electron chi connectivity index (χ4n) is 6.35. The van der Waals surface area contributed by atoms with E-state index in [4.69, 9.17) is 21.0 Å². The third kappa shape index (κ3) is 3.71. The van der Waals surface area contributed by atoms with Gasteiger partial charge in [-0.1, -0.05) is 98.8 Å². The molecule has 0 unspecified atom stereocenters. The molecule has 0 radical (unpaired) electrons. The maximum Gasteiger partial charge on any atom is 0.226 e. The Kier molecular flexibility index (Phi) is 5.19. The summed E-state index contributed by atoms with van der Waals surface area (Å²) < 4.78 is 6.25. The molecule has 1 aliphatic carbocycles. The van der Waals surface area contributed by atoms with E-state index < -0.39 is 0 Å². The van der Waals surface area contributed by atoms with Crippen molar-refractivity contribution in [3.8, 4) is 45.0 Å². The van der Waals surface area contributed by atoms with E-state index in [0.717, 1.165) is 49.8 Å². The van der Waals surface area contributed by atoms with Crippen LogP contribution in [0.4, 0.5) is 0 Å². The first-order valence-corrected chi connectivity index (χ1v) is 14.0. The number of halogens is 1. The number of nitrogens with zero attached hydrogens (tertiary/aromatic N) is 3. The zero-order valence-electron chi connectivity index (χ0n) is 22.5. The second kappa shape index (κ2) is 8.85. The van der Waals surface area contributed by atoms with Crippen LogP contribution in [0.2, 0.25) is 5.28 Å². The van der Waals surface area contributed by atoms with E-state index >= 15 is 0 Å². The first kappa shape index (κ1) is 24.0. The second-order valence-corrected chi connectivity index (χ2v) is 11.4. The molecule has 5 heteroatoms. The highest BCUT2D eigenvalue weighted by Crippen LogP contribution is 2.53. The molecule has 0 spiro atoms. The first-order chi connectivity index (χ1) is 20.0. The van der Waals surface area contributed by atoms with Gasteiger partial charge in [0.25, 0.3) is 0 Å². The quantitative estimate of drug-likeness (QED) is 0.220. The van der Waals surface area contributed by atoms with Gasteiger partial charge in [0.05, 0.1) is 0 Å². The van der Waals surface area contributed by atoms with E-state index in [2.05, 4.69) is 90.5 Å². The SMILES string of the molecule is CC1(C)c2cc3c(cc2-c2cccc(-c4nc(Cl)nc(-c5cccc(-c6ccccc6)c5)n4)c21)oc1ccccc13. The van der Waals surface area contributed by atoms with E-state index in [1.54, 1.807) is 0 Å². The average Bonchev–Trinajstić information content (AvgIpc) is 3.48. The summed E-state index contributed by atoms with van der Waals surface area (Å²) in [5.41, 5.74) is 10.3. The lowest BCUT2D eigenvalue weighted by molar-refractivity contribution is 0.658. The van der Waals surface area contributed by atoms with Gasteiger partial charge in [-0.15, -0.1) is 0 Å². The van der Waals surface area contributed by atoms with Gasteiger partial charge in [-0.2, -0.15) is 9.97 Å². The van der Waals surface area contributed by atoms with Gasteiger partial charge in [-0.05, 0) is 69.2 Å². The van der Waals surface area contributed by atoms with Crippen LogP contribution in [0.3, 0.4) is 0 Å². The molecule has 2 aromatic heterocycles. The molecule has 0 saturated heterocycles. The van der Waals surface area contributed by atoms with Crippen LogP contribution in [-0.2, 0) is 5.41 Å². The summed E-state index contributed by atoms with van der Waals surface area (Å²) in [7, 11) is 0. The Morgan fingerprint density at radius 2 is 1.27 bits per heavy atom. The standard InChI is InChI=1S/C36H24ClN3O/c1-36(2)29-19-28-24-14-6-7-17-30(24)41-31(28)20-27(29)25-15-9-16-26(32(25)36)34-38-33(39-35(37)40-34)23-13-8-12-22(18-23)21-10-4-3-5-11-21/h3-20H,1-2H3. The van der Waals surface area contributed by atoms with E-state index in [1.165, 1.54) is 16.7 Å². The summed E-state index contributed by atoms with van der Waals surface area (Å²) in [6, 6.07) is 37.5. The van der Waals surface area contributed by atoms with Crippen LogP contribution >= 0.6 is 11.6 Å². The maximum absolute atomic E-state index is 6.55. The molecular formula is C36H24ClN3O. The summed E-state index contributed by atoms with van der Waals surface area (Å²) >= 11 is 6.55. The van der Waals surface area contributed by atoms with Crippen molar-refractivity contribution in [1.82, 2.24) is 15.0 Å². The lowest BCUT2D eigenvalue weighted by atomic mass is 9.79. The predicted molar refractivity (Wildman–Crippen MR) is 166 cm³/mol. The van der Waals surface area contributed by atoms with Crippen LogP contribution in [-0.4, -0.2) is 15.0 Å². The maximum atomic E-state index is 6.55. The fraction of sp³-hybridized carbons (Fsp3) is 0.0833. The molecule has 196 valence electrons. The van der Waals surface area contributed by atoms with Crippen LogP contribution in [0.1, 0.15) is 25.0 Å². The van der Waals surface area contributed by atoms with Gasteiger partial charge in [0.15, 0.2) is 11.6 Å². The number of fused-ring (bicyclic) bond motifs is 6. The monoisotopic (exact) mass is 549 g/mol. The number of benzene rings is 5. The highest BCUT2D eigenvalue weighted by Gasteiger charge is 2.39. The van der Waals surface area contributed by atoms with E-state index in [0.29, 0.717) is 11.6 Å². The lowest BCUT2D eigenvalue weighted by Gasteiger charge is -2.24. The summed E-state index contributed by atoms with van der Waals surface area (Å²) in [6.45, 7) is 4.53. The number of aromatic nitrogens is 3. The highest BCUT2D eigenvalue weighted by atomic mass is 35.5. The summed E-state index contributed by atoms with van der Waals surface area (Å²) in [5.74, 6) is 1.12. The molecule has 0 amide bonds. The van der Waals surface area contributed by atoms with Crippen LogP contribution in [0, 0.1) is 0 Å². The molecule has 41 heavy (non-hydrogen) atoms. The normalized spacial score (nSPS) is 13.4. The Morgan fingerprint density at radius 1 is 0.561 bits per heavy atom. The third-order valence-electron chi connectivity index (χ3n) is 8.25. The van der Waals surface area contributed by atoms with Gasteiger partial charge in [-0.25, -0.2) is 4.98 Å². The first-order valence-electron chi connectivity index (χ1n) is 13.6. The number of hydrogen-bond acceptors (Lipinski definition) is 4. The van der Waals surface area contributed by atoms with Crippen molar-refractivity contribution in [2.75, 3.05) is 0 Å². The van der Waals surface area contributed by atoms with Gasteiger partial charge in [-0.3, -0.25) is 0 Å². The summed E-state index contributed by atoms with van der Waals surface area (Å²) in [5, 5.41) is 2.43. The van der Waals surface area contributed by atoms with Gasteiger partial charge in [0.1, 0.15) is 11.2 Å². The number of rotatable bonds is 3. The van der Waals surface area contributed by atoms with E-state index in [9.17, 15) is 0 Å². The Labute approximate surface area is 242 Å². The van der Waals surface area contributed by atoms with Crippen molar-refractivity contribution >= 4 is 33.5 Å². The zero-order valence-corrected chi connectivity index (χ0v) is 23.3. The minimum absolute atomic E-state index is 0.171. The molecule has 8 rings (SSSR count). The lowest BCUT2D eigenvalue weighted by Crippen LogP contribution is -2.17. The summed E-state index contributed by atoms with van der Waals surface area (Å²) in [6.07, 6.45) is 0. The van der Waals surface area contributed by atoms with Crippen LogP contribution in [0.5, 0.6) is 0 Å². The van der Waals surface area contributed by atoms with Crippen molar-refractivity contribution in [2.45, 2.75) is 19.3 Å². The Bertz CT molecular complexity index is 2150. The Morgan fingerprint density at radius 3 is 2.15 bits per heavy atom. The minimum atomic E-state index is -0.291. The summed E-state index contributed by atoms with van der Waals surface area (Å²) in [4.78, 5) is 14.1. The molecule has 0 N–H and O–H groups in total. The smallest absolute Gasteiger partial charge is 0.226 e. The van der Waals surface area contributed by atoms with Crippen molar-refractivity contribution < 1.29 is 4.42 Å². The molecule has 0 saturated carbocycles. The number of furan rings is 1.